The summed E-state index contributed by atoms with van der Waals surface area (Å²) in [5.41, 5.74) is 1.45. The molecule has 1 saturated heterocycles. The molecule has 0 spiro atoms. The summed E-state index contributed by atoms with van der Waals surface area (Å²) < 4.78 is 84.2. The third-order valence-electron chi connectivity index (χ3n) is 4.45. The van der Waals surface area contributed by atoms with Gasteiger partial charge in [-0.05, 0) is 0 Å². The Balaban J connectivity index is 1.52. The molecule has 0 unspecified atom stereocenters. The van der Waals surface area contributed by atoms with Gasteiger partial charge in [0.25, 0.3) is 6.10 Å². The van der Waals surface area contributed by atoms with Gasteiger partial charge in [-0.25, -0.2) is 4.79 Å². The van der Waals surface area contributed by atoms with Crippen LogP contribution in [-0.2, 0) is 11.3 Å². The molecule has 1 fully saturated rings. The first-order valence-corrected chi connectivity index (χ1v) is 8.86. The Morgan fingerprint density at radius 1 is 1.03 bits per heavy atom. The zero-order chi connectivity index (χ0) is 21.9. The minimum absolute atomic E-state index is 0.0787. The lowest BCUT2D eigenvalue weighted by Crippen LogP contribution is -2.52. The molecule has 0 saturated carbocycles. The summed E-state index contributed by atoms with van der Waals surface area (Å²) in [5, 5.41) is 3.96. The lowest BCUT2D eigenvalue weighted by atomic mass is 10.1. The maximum Gasteiger partial charge on any atom is 0.434 e. The predicted octanol–water partition coefficient (Wildman–Crippen LogP) is 4.09. The molecular weight excluding hydrogens is 420 g/mol. The van der Waals surface area contributed by atoms with E-state index in [0.29, 0.717) is 18.0 Å². The van der Waals surface area contributed by atoms with E-state index >= 15 is 0 Å². The van der Waals surface area contributed by atoms with Gasteiger partial charge in [0.2, 0.25) is 0 Å². The van der Waals surface area contributed by atoms with Crippen LogP contribution in [-0.4, -0.2) is 65.7 Å². The molecule has 164 valence electrons. The molecule has 0 bridgehead atoms. The number of carbonyl (C=O) groups is 1. The van der Waals surface area contributed by atoms with Gasteiger partial charge in [-0.3, -0.25) is 4.90 Å². The Hall–Kier alpha value is -2.76. The Kier molecular flexibility index (Phi) is 6.25. The minimum Gasteiger partial charge on any atom is -0.426 e. The third-order valence-corrected chi connectivity index (χ3v) is 4.45. The van der Waals surface area contributed by atoms with Crippen molar-refractivity contribution in [2.75, 3.05) is 26.2 Å². The van der Waals surface area contributed by atoms with Crippen LogP contribution in [0.15, 0.2) is 40.9 Å². The van der Waals surface area contributed by atoms with Gasteiger partial charge in [0.15, 0.2) is 5.76 Å². The van der Waals surface area contributed by atoms with E-state index in [1.165, 1.54) is 0 Å². The first-order valence-electron chi connectivity index (χ1n) is 8.86. The fourth-order valence-electron chi connectivity index (χ4n) is 2.94. The highest BCUT2D eigenvalue weighted by Crippen LogP contribution is 2.36. The summed E-state index contributed by atoms with van der Waals surface area (Å²) in [4.78, 5) is 14.5. The molecule has 3 rings (SSSR count). The van der Waals surface area contributed by atoms with E-state index in [1.54, 1.807) is 6.07 Å². The number of benzene rings is 1. The zero-order valence-electron chi connectivity index (χ0n) is 15.4. The van der Waals surface area contributed by atoms with E-state index in [2.05, 4.69) is 9.89 Å². The number of carbonyl (C=O) groups excluding carboxylic acids is 1. The van der Waals surface area contributed by atoms with Crippen molar-refractivity contribution in [3.63, 3.8) is 0 Å². The van der Waals surface area contributed by atoms with E-state index in [9.17, 15) is 31.1 Å². The fourth-order valence-corrected chi connectivity index (χ4v) is 2.94. The van der Waals surface area contributed by atoms with E-state index in [0.717, 1.165) is 10.5 Å². The predicted molar refractivity (Wildman–Crippen MR) is 91.2 cm³/mol. The minimum atomic E-state index is -5.74. The number of rotatable bonds is 4. The number of piperazine rings is 1. The van der Waals surface area contributed by atoms with E-state index in [-0.39, 0.29) is 26.2 Å². The molecule has 1 aromatic carbocycles. The highest BCUT2D eigenvalue weighted by molar-refractivity contribution is 5.68. The molecule has 2 heterocycles. The number of halogens is 6. The Bertz CT molecular complexity index is 831. The van der Waals surface area contributed by atoms with Crippen LogP contribution in [0.4, 0.5) is 31.1 Å². The maximum absolute atomic E-state index is 12.5. The first-order chi connectivity index (χ1) is 14.0. The van der Waals surface area contributed by atoms with Crippen LogP contribution in [0.1, 0.15) is 5.69 Å². The van der Waals surface area contributed by atoms with Gasteiger partial charge in [-0.1, -0.05) is 35.5 Å². The molecule has 1 amide bonds. The van der Waals surface area contributed by atoms with Gasteiger partial charge in [-0.15, -0.1) is 0 Å². The number of amides is 1. The largest absolute Gasteiger partial charge is 0.434 e. The van der Waals surface area contributed by atoms with Gasteiger partial charge in [0.05, 0.1) is 5.69 Å². The SMILES string of the molecule is O=C(OC(C(F)(F)F)C(F)(F)F)N1CCN(Cc2cc(-c3ccccc3)on2)CC1. The molecule has 30 heavy (non-hydrogen) atoms. The van der Waals surface area contributed by atoms with Crippen LogP contribution in [0.2, 0.25) is 0 Å². The van der Waals surface area contributed by atoms with Crippen molar-refractivity contribution in [3.8, 4) is 11.3 Å². The zero-order valence-corrected chi connectivity index (χ0v) is 15.4. The molecule has 12 heteroatoms. The van der Waals surface area contributed by atoms with Crippen LogP contribution in [0, 0.1) is 0 Å². The molecule has 1 aromatic heterocycles. The molecule has 0 N–H and O–H groups in total. The summed E-state index contributed by atoms with van der Waals surface area (Å²) >= 11 is 0. The number of aromatic nitrogens is 1. The van der Waals surface area contributed by atoms with E-state index in [4.69, 9.17) is 4.52 Å². The van der Waals surface area contributed by atoms with Crippen LogP contribution in [0.3, 0.4) is 0 Å². The second-order valence-electron chi connectivity index (χ2n) is 6.66. The van der Waals surface area contributed by atoms with Crippen LogP contribution in [0.5, 0.6) is 0 Å². The summed E-state index contributed by atoms with van der Waals surface area (Å²) in [6.07, 6.45) is -17.3. The van der Waals surface area contributed by atoms with E-state index in [1.807, 2.05) is 35.2 Å². The first kappa shape index (κ1) is 21.9. The summed E-state index contributed by atoms with van der Waals surface area (Å²) in [7, 11) is 0. The van der Waals surface area contributed by atoms with Gasteiger partial charge < -0.3 is 14.2 Å². The molecule has 6 nitrogen and oxygen atoms in total. The quantitative estimate of drug-likeness (QED) is 0.675. The molecule has 2 aromatic rings. The molecule has 1 aliphatic heterocycles. The second-order valence-corrected chi connectivity index (χ2v) is 6.66. The average molecular weight is 437 g/mol. The average Bonchev–Trinajstić information content (AvgIpc) is 3.14. The summed E-state index contributed by atoms with van der Waals surface area (Å²) in [6.45, 7) is 0.652. The van der Waals surface area contributed by atoms with Crippen molar-refractivity contribution < 1.29 is 40.4 Å². The molecule has 0 radical (unpaired) electrons. The van der Waals surface area contributed by atoms with Gasteiger partial charge in [-0.2, -0.15) is 26.3 Å². The standard InChI is InChI=1S/C18H17F6N3O3/c19-17(20,21)15(18(22,23)24)29-16(28)27-8-6-26(7-9-27)11-13-10-14(30-25-13)12-4-2-1-3-5-12/h1-5,10,15H,6-9,11H2. The lowest BCUT2D eigenvalue weighted by molar-refractivity contribution is -0.308. The van der Waals surface area contributed by atoms with Crippen molar-refractivity contribution in [3.05, 3.63) is 42.1 Å². The van der Waals surface area contributed by atoms with E-state index < -0.39 is 24.5 Å². The van der Waals surface area contributed by atoms with Crippen LogP contribution in [0.25, 0.3) is 11.3 Å². The summed E-state index contributed by atoms with van der Waals surface area (Å²) in [5.74, 6) is 0.568. The number of hydrogen-bond donors (Lipinski definition) is 0. The molecular formula is C18H17F6N3O3. The van der Waals surface area contributed by atoms with Gasteiger partial charge in [0, 0.05) is 44.4 Å². The van der Waals surface area contributed by atoms with Crippen molar-refractivity contribution in [1.29, 1.82) is 0 Å². The highest BCUT2D eigenvalue weighted by atomic mass is 19.4. The van der Waals surface area contributed by atoms with Crippen LogP contribution >= 0.6 is 0 Å². The Labute approximate surface area is 167 Å². The smallest absolute Gasteiger partial charge is 0.426 e. The van der Waals surface area contributed by atoms with Crippen molar-refractivity contribution in [2.45, 2.75) is 25.0 Å². The maximum atomic E-state index is 12.5. The highest BCUT2D eigenvalue weighted by Gasteiger charge is 2.60. The lowest BCUT2D eigenvalue weighted by Gasteiger charge is -2.34. The number of hydrogen-bond acceptors (Lipinski definition) is 5. The normalized spacial score (nSPS) is 16.2. The Morgan fingerprint density at radius 3 is 2.20 bits per heavy atom. The molecule has 1 aliphatic rings. The monoisotopic (exact) mass is 437 g/mol. The Morgan fingerprint density at radius 2 is 1.63 bits per heavy atom. The number of ether oxygens (including phenoxy) is 1. The topological polar surface area (TPSA) is 58.8 Å². The summed E-state index contributed by atoms with van der Waals surface area (Å²) in [6, 6.07) is 11.0. The van der Waals surface area contributed by atoms with Gasteiger partial charge in [0.1, 0.15) is 0 Å². The van der Waals surface area contributed by atoms with Crippen molar-refractivity contribution in [1.82, 2.24) is 15.0 Å². The van der Waals surface area contributed by atoms with Crippen molar-refractivity contribution >= 4 is 6.09 Å². The molecule has 0 aliphatic carbocycles. The van der Waals surface area contributed by atoms with Crippen LogP contribution < -0.4 is 0 Å². The number of alkyl halides is 6. The third kappa shape index (κ3) is 5.43. The fraction of sp³-hybridized carbons (Fsp3) is 0.444. The van der Waals surface area contributed by atoms with Crippen molar-refractivity contribution in [2.24, 2.45) is 0 Å². The number of nitrogens with zero attached hydrogens (tertiary/aromatic N) is 3. The van der Waals surface area contributed by atoms with Gasteiger partial charge >= 0.3 is 18.4 Å². The second kappa shape index (κ2) is 8.54. The molecule has 0 atom stereocenters.